The molecule has 3 aromatic rings. The number of amides is 1. The SMILES string of the molecule is O=C(Nc1ccc(Cl)c(Cl)c1)c1cc(NCc2ccccn2)ncn1. The lowest BCUT2D eigenvalue weighted by molar-refractivity contribution is 0.102. The first-order chi connectivity index (χ1) is 12.1. The summed E-state index contributed by atoms with van der Waals surface area (Å²) in [6.45, 7) is 0.492. The van der Waals surface area contributed by atoms with E-state index in [1.165, 1.54) is 6.33 Å². The Morgan fingerprint density at radius 2 is 1.88 bits per heavy atom. The Balaban J connectivity index is 1.67. The normalized spacial score (nSPS) is 10.3. The van der Waals surface area contributed by atoms with Gasteiger partial charge in [-0.3, -0.25) is 9.78 Å². The average Bonchev–Trinajstić information content (AvgIpc) is 2.64. The number of anilines is 2. The number of halogens is 2. The summed E-state index contributed by atoms with van der Waals surface area (Å²) in [4.78, 5) is 24.6. The maximum atomic E-state index is 12.3. The second-order valence-electron chi connectivity index (χ2n) is 5.05. The molecule has 1 amide bonds. The molecular formula is C17H13Cl2N5O. The summed E-state index contributed by atoms with van der Waals surface area (Å²) < 4.78 is 0. The molecule has 1 aromatic carbocycles. The molecule has 25 heavy (non-hydrogen) atoms. The van der Waals surface area contributed by atoms with Crippen LogP contribution in [0.25, 0.3) is 0 Å². The van der Waals surface area contributed by atoms with Gasteiger partial charge in [-0.25, -0.2) is 9.97 Å². The average molecular weight is 374 g/mol. The van der Waals surface area contributed by atoms with E-state index >= 15 is 0 Å². The van der Waals surface area contributed by atoms with Gasteiger partial charge >= 0.3 is 0 Å². The number of carbonyl (C=O) groups excluding carboxylic acids is 1. The van der Waals surface area contributed by atoms with Crippen molar-refractivity contribution in [2.75, 3.05) is 10.6 Å². The molecule has 0 atom stereocenters. The van der Waals surface area contributed by atoms with Crippen LogP contribution in [0.3, 0.4) is 0 Å². The van der Waals surface area contributed by atoms with E-state index in [2.05, 4.69) is 25.6 Å². The molecule has 0 saturated heterocycles. The van der Waals surface area contributed by atoms with Crippen LogP contribution in [-0.4, -0.2) is 20.9 Å². The molecule has 3 rings (SSSR count). The smallest absolute Gasteiger partial charge is 0.274 e. The van der Waals surface area contributed by atoms with Crippen molar-refractivity contribution in [1.82, 2.24) is 15.0 Å². The van der Waals surface area contributed by atoms with Crippen LogP contribution in [0.15, 0.2) is 55.0 Å². The highest BCUT2D eigenvalue weighted by molar-refractivity contribution is 6.42. The highest BCUT2D eigenvalue weighted by atomic mass is 35.5. The van der Waals surface area contributed by atoms with Gasteiger partial charge in [0.05, 0.1) is 22.3 Å². The molecule has 2 aromatic heterocycles. The quantitative estimate of drug-likeness (QED) is 0.705. The molecule has 0 aliphatic heterocycles. The lowest BCUT2D eigenvalue weighted by Crippen LogP contribution is -2.14. The topological polar surface area (TPSA) is 79.8 Å². The van der Waals surface area contributed by atoms with Gasteiger partial charge in [0.2, 0.25) is 0 Å². The van der Waals surface area contributed by atoms with Crippen LogP contribution in [0, 0.1) is 0 Å². The summed E-state index contributed by atoms with van der Waals surface area (Å²) in [6, 6.07) is 12.1. The monoisotopic (exact) mass is 373 g/mol. The largest absolute Gasteiger partial charge is 0.364 e. The number of hydrogen-bond acceptors (Lipinski definition) is 5. The van der Waals surface area contributed by atoms with Gasteiger partial charge < -0.3 is 10.6 Å². The number of rotatable bonds is 5. The molecule has 2 N–H and O–H groups in total. The first-order valence-electron chi connectivity index (χ1n) is 7.34. The standard InChI is InChI=1S/C17H13Cl2N5O/c18-13-5-4-11(7-14(13)19)24-17(25)15-8-16(23-10-22-15)21-9-12-3-1-2-6-20-12/h1-8,10H,9H2,(H,24,25)(H,21,22,23). The zero-order valence-electron chi connectivity index (χ0n) is 12.9. The highest BCUT2D eigenvalue weighted by Crippen LogP contribution is 2.25. The number of aromatic nitrogens is 3. The van der Waals surface area contributed by atoms with Crippen molar-refractivity contribution >= 4 is 40.6 Å². The minimum Gasteiger partial charge on any atom is -0.364 e. The van der Waals surface area contributed by atoms with Crippen molar-refractivity contribution in [3.8, 4) is 0 Å². The Kier molecular flexibility index (Phi) is 5.42. The van der Waals surface area contributed by atoms with Gasteiger partial charge in [-0.1, -0.05) is 29.3 Å². The first-order valence-corrected chi connectivity index (χ1v) is 8.09. The molecule has 0 unspecified atom stereocenters. The van der Waals surface area contributed by atoms with E-state index in [0.717, 1.165) is 5.69 Å². The van der Waals surface area contributed by atoms with E-state index in [9.17, 15) is 4.79 Å². The first kappa shape index (κ1) is 17.1. The summed E-state index contributed by atoms with van der Waals surface area (Å²) in [5.41, 5.74) is 1.62. The van der Waals surface area contributed by atoms with Crippen molar-refractivity contribution < 1.29 is 4.79 Å². The predicted octanol–water partition coefficient (Wildman–Crippen LogP) is 4.04. The van der Waals surface area contributed by atoms with Gasteiger partial charge in [0.1, 0.15) is 17.8 Å². The molecule has 0 aliphatic carbocycles. The number of carbonyl (C=O) groups is 1. The maximum absolute atomic E-state index is 12.3. The molecule has 8 heteroatoms. The molecule has 6 nitrogen and oxygen atoms in total. The lowest BCUT2D eigenvalue weighted by atomic mass is 10.3. The van der Waals surface area contributed by atoms with Crippen molar-refractivity contribution in [3.05, 3.63) is 76.4 Å². The van der Waals surface area contributed by atoms with Gasteiger partial charge in [0.15, 0.2) is 0 Å². The van der Waals surface area contributed by atoms with E-state index in [0.29, 0.717) is 28.1 Å². The van der Waals surface area contributed by atoms with Crippen LogP contribution in [0.4, 0.5) is 11.5 Å². The fourth-order valence-corrected chi connectivity index (χ4v) is 2.33. The van der Waals surface area contributed by atoms with Gasteiger partial charge in [0, 0.05) is 18.0 Å². The second-order valence-corrected chi connectivity index (χ2v) is 5.86. The van der Waals surface area contributed by atoms with Crippen LogP contribution in [0.5, 0.6) is 0 Å². The van der Waals surface area contributed by atoms with E-state index in [1.807, 2.05) is 18.2 Å². The zero-order valence-corrected chi connectivity index (χ0v) is 14.4. The molecule has 0 saturated carbocycles. The summed E-state index contributed by atoms with van der Waals surface area (Å²) in [6.07, 6.45) is 3.04. The molecular weight excluding hydrogens is 361 g/mol. The third-order valence-electron chi connectivity index (χ3n) is 3.25. The lowest BCUT2D eigenvalue weighted by Gasteiger charge is -2.08. The zero-order chi connectivity index (χ0) is 17.6. The van der Waals surface area contributed by atoms with E-state index in [1.54, 1.807) is 30.5 Å². The Hall–Kier alpha value is -2.70. The third kappa shape index (κ3) is 4.65. The van der Waals surface area contributed by atoms with E-state index in [-0.39, 0.29) is 11.6 Å². The fraction of sp³-hybridized carbons (Fsp3) is 0.0588. The molecule has 0 bridgehead atoms. The molecule has 0 fully saturated rings. The number of pyridine rings is 1. The second kappa shape index (κ2) is 7.92. The van der Waals surface area contributed by atoms with Crippen LogP contribution >= 0.6 is 23.2 Å². The van der Waals surface area contributed by atoms with Gasteiger partial charge in [-0.15, -0.1) is 0 Å². The number of nitrogens with zero attached hydrogens (tertiary/aromatic N) is 3. The summed E-state index contributed by atoms with van der Waals surface area (Å²) in [5.74, 6) is 0.154. The summed E-state index contributed by atoms with van der Waals surface area (Å²) in [7, 11) is 0. The molecule has 0 aliphatic rings. The van der Waals surface area contributed by atoms with Crippen molar-refractivity contribution in [3.63, 3.8) is 0 Å². The number of nitrogens with one attached hydrogen (secondary N) is 2. The Morgan fingerprint density at radius 3 is 2.64 bits per heavy atom. The van der Waals surface area contributed by atoms with Crippen molar-refractivity contribution in [2.24, 2.45) is 0 Å². The maximum Gasteiger partial charge on any atom is 0.274 e. The number of benzene rings is 1. The molecule has 0 radical (unpaired) electrons. The third-order valence-corrected chi connectivity index (χ3v) is 3.99. The number of hydrogen-bond donors (Lipinski definition) is 2. The fourth-order valence-electron chi connectivity index (χ4n) is 2.03. The van der Waals surface area contributed by atoms with Gasteiger partial charge in [-0.2, -0.15) is 0 Å². The van der Waals surface area contributed by atoms with Crippen LogP contribution in [0.1, 0.15) is 16.2 Å². The van der Waals surface area contributed by atoms with Gasteiger partial charge in [0.25, 0.3) is 5.91 Å². The Morgan fingerprint density at radius 1 is 1.00 bits per heavy atom. The van der Waals surface area contributed by atoms with E-state index < -0.39 is 0 Å². The highest BCUT2D eigenvalue weighted by Gasteiger charge is 2.10. The van der Waals surface area contributed by atoms with E-state index in [4.69, 9.17) is 23.2 Å². The molecule has 0 spiro atoms. The van der Waals surface area contributed by atoms with Crippen molar-refractivity contribution in [2.45, 2.75) is 6.54 Å². The molecule has 2 heterocycles. The Bertz CT molecular complexity index is 889. The van der Waals surface area contributed by atoms with Crippen LogP contribution in [0.2, 0.25) is 10.0 Å². The predicted molar refractivity (Wildman–Crippen MR) is 98.0 cm³/mol. The minimum absolute atomic E-state index is 0.226. The van der Waals surface area contributed by atoms with Gasteiger partial charge in [-0.05, 0) is 30.3 Å². The molecule has 126 valence electrons. The Labute approximate surface area is 154 Å². The minimum atomic E-state index is -0.373. The summed E-state index contributed by atoms with van der Waals surface area (Å²) in [5, 5.41) is 6.60. The van der Waals surface area contributed by atoms with Crippen molar-refractivity contribution in [1.29, 1.82) is 0 Å². The van der Waals surface area contributed by atoms with Crippen LogP contribution in [-0.2, 0) is 6.54 Å². The summed E-state index contributed by atoms with van der Waals surface area (Å²) >= 11 is 11.8. The van der Waals surface area contributed by atoms with Crippen LogP contribution < -0.4 is 10.6 Å².